The van der Waals surface area contributed by atoms with Crippen molar-refractivity contribution in [2.75, 3.05) is 52.3 Å². The molecular weight excluding hydrogens is 412 g/mol. The summed E-state index contributed by atoms with van der Waals surface area (Å²) >= 11 is 0. The van der Waals surface area contributed by atoms with Gasteiger partial charge < -0.3 is 30.3 Å². The molecule has 3 N–H and O–H groups in total. The molecule has 0 radical (unpaired) electrons. The number of carbonyl (C=O) groups is 3. The SMILES string of the molecule is COc1cc(C(=O)Nc2ccccc2C(=O)N2CCCN(C)CC2)ccc1OCC(N)=O. The van der Waals surface area contributed by atoms with Gasteiger partial charge in [-0.2, -0.15) is 0 Å². The lowest BCUT2D eigenvalue weighted by Gasteiger charge is -2.22. The lowest BCUT2D eigenvalue weighted by Crippen LogP contribution is -2.35. The molecule has 0 aromatic heterocycles. The van der Waals surface area contributed by atoms with Gasteiger partial charge in [0, 0.05) is 25.2 Å². The number of nitrogens with zero attached hydrogens (tertiary/aromatic N) is 2. The van der Waals surface area contributed by atoms with E-state index < -0.39 is 11.8 Å². The van der Waals surface area contributed by atoms with Gasteiger partial charge in [-0.25, -0.2) is 0 Å². The Bertz CT molecular complexity index is 994. The second-order valence-electron chi connectivity index (χ2n) is 7.57. The van der Waals surface area contributed by atoms with Gasteiger partial charge in [-0.05, 0) is 50.3 Å². The number of primary amides is 1. The second-order valence-corrected chi connectivity index (χ2v) is 7.57. The van der Waals surface area contributed by atoms with Gasteiger partial charge in [-0.1, -0.05) is 12.1 Å². The number of hydrogen-bond acceptors (Lipinski definition) is 6. The van der Waals surface area contributed by atoms with Gasteiger partial charge in [-0.15, -0.1) is 0 Å². The normalized spacial score (nSPS) is 14.4. The smallest absolute Gasteiger partial charge is 0.256 e. The predicted octanol–water partition coefficient (Wildman–Crippen LogP) is 1.59. The third kappa shape index (κ3) is 5.76. The maximum Gasteiger partial charge on any atom is 0.256 e. The van der Waals surface area contributed by atoms with Crippen molar-refractivity contribution in [1.29, 1.82) is 0 Å². The molecule has 0 bridgehead atoms. The topological polar surface area (TPSA) is 114 Å². The highest BCUT2D eigenvalue weighted by atomic mass is 16.5. The summed E-state index contributed by atoms with van der Waals surface area (Å²) in [6.07, 6.45) is 0.904. The van der Waals surface area contributed by atoms with Crippen LogP contribution >= 0.6 is 0 Å². The average molecular weight is 441 g/mol. The molecule has 3 amide bonds. The molecular formula is C23H28N4O5. The molecule has 9 heteroatoms. The van der Waals surface area contributed by atoms with E-state index in [9.17, 15) is 14.4 Å². The first-order valence-electron chi connectivity index (χ1n) is 10.4. The number of nitrogens with one attached hydrogen (secondary N) is 1. The van der Waals surface area contributed by atoms with Crippen LogP contribution in [0.3, 0.4) is 0 Å². The number of anilines is 1. The molecule has 0 saturated carbocycles. The first-order valence-corrected chi connectivity index (χ1v) is 10.4. The van der Waals surface area contributed by atoms with Gasteiger partial charge in [0.15, 0.2) is 18.1 Å². The lowest BCUT2D eigenvalue weighted by atomic mass is 10.1. The zero-order valence-electron chi connectivity index (χ0n) is 18.3. The highest BCUT2D eigenvalue weighted by Crippen LogP contribution is 2.29. The van der Waals surface area contributed by atoms with Crippen molar-refractivity contribution in [3.63, 3.8) is 0 Å². The van der Waals surface area contributed by atoms with Crippen molar-refractivity contribution in [1.82, 2.24) is 9.80 Å². The Morgan fingerprint density at radius 2 is 1.81 bits per heavy atom. The van der Waals surface area contributed by atoms with Crippen molar-refractivity contribution in [3.8, 4) is 11.5 Å². The molecule has 1 saturated heterocycles. The van der Waals surface area contributed by atoms with Crippen molar-refractivity contribution in [2.45, 2.75) is 6.42 Å². The molecule has 3 rings (SSSR count). The Hall–Kier alpha value is -3.59. The monoisotopic (exact) mass is 440 g/mol. The van der Waals surface area contributed by atoms with Crippen LogP contribution in [0.2, 0.25) is 0 Å². The van der Waals surface area contributed by atoms with Crippen molar-refractivity contribution < 1.29 is 23.9 Å². The number of carbonyl (C=O) groups excluding carboxylic acids is 3. The molecule has 0 atom stereocenters. The number of rotatable bonds is 7. The number of ether oxygens (including phenoxy) is 2. The Morgan fingerprint density at radius 1 is 1.03 bits per heavy atom. The third-order valence-electron chi connectivity index (χ3n) is 5.21. The van der Waals surface area contributed by atoms with Crippen LogP contribution in [-0.4, -0.2) is 74.5 Å². The fraction of sp³-hybridized carbons (Fsp3) is 0.348. The van der Waals surface area contributed by atoms with E-state index in [1.807, 2.05) is 11.9 Å². The predicted molar refractivity (Wildman–Crippen MR) is 120 cm³/mol. The number of amides is 3. The summed E-state index contributed by atoms with van der Waals surface area (Å²) in [4.78, 5) is 41.0. The van der Waals surface area contributed by atoms with Gasteiger partial charge in [0.05, 0.1) is 18.4 Å². The summed E-state index contributed by atoms with van der Waals surface area (Å²) in [5.74, 6) is -0.544. The number of para-hydroxylation sites is 1. The summed E-state index contributed by atoms with van der Waals surface area (Å²) in [7, 11) is 3.47. The zero-order valence-corrected chi connectivity index (χ0v) is 18.3. The van der Waals surface area contributed by atoms with Crippen molar-refractivity contribution >= 4 is 23.4 Å². The first kappa shape index (κ1) is 23.1. The largest absolute Gasteiger partial charge is 0.493 e. The molecule has 0 unspecified atom stereocenters. The van der Waals surface area contributed by atoms with E-state index in [1.165, 1.54) is 19.2 Å². The molecule has 9 nitrogen and oxygen atoms in total. The minimum absolute atomic E-state index is 0.107. The quantitative estimate of drug-likeness (QED) is 0.676. The molecule has 170 valence electrons. The zero-order chi connectivity index (χ0) is 23.1. The van der Waals surface area contributed by atoms with Crippen LogP contribution in [0.4, 0.5) is 5.69 Å². The highest BCUT2D eigenvalue weighted by Gasteiger charge is 2.22. The maximum absolute atomic E-state index is 13.2. The van der Waals surface area contributed by atoms with Crippen molar-refractivity contribution in [3.05, 3.63) is 53.6 Å². The van der Waals surface area contributed by atoms with Gasteiger partial charge in [0.25, 0.3) is 17.7 Å². The fourth-order valence-electron chi connectivity index (χ4n) is 3.47. The van der Waals surface area contributed by atoms with Crippen LogP contribution in [0.1, 0.15) is 27.1 Å². The second kappa shape index (κ2) is 10.6. The fourth-order valence-corrected chi connectivity index (χ4v) is 3.47. The molecule has 2 aromatic rings. The molecule has 0 spiro atoms. The molecule has 1 aliphatic heterocycles. The van der Waals surface area contributed by atoms with E-state index in [4.69, 9.17) is 15.2 Å². The number of hydrogen-bond donors (Lipinski definition) is 2. The van der Waals surface area contributed by atoms with E-state index in [0.717, 1.165) is 19.5 Å². The van der Waals surface area contributed by atoms with E-state index in [-0.39, 0.29) is 18.3 Å². The third-order valence-corrected chi connectivity index (χ3v) is 5.21. The van der Waals surface area contributed by atoms with E-state index >= 15 is 0 Å². The minimum Gasteiger partial charge on any atom is -0.493 e. The van der Waals surface area contributed by atoms with Crippen LogP contribution in [0, 0.1) is 0 Å². The number of likely N-dealkylation sites (N-methyl/N-ethyl adjacent to an activating group) is 1. The Kier molecular flexibility index (Phi) is 7.67. The Morgan fingerprint density at radius 3 is 2.56 bits per heavy atom. The lowest BCUT2D eigenvalue weighted by molar-refractivity contribution is -0.119. The van der Waals surface area contributed by atoms with Gasteiger partial charge in [0.1, 0.15) is 0 Å². The molecule has 32 heavy (non-hydrogen) atoms. The van der Waals surface area contributed by atoms with E-state index in [2.05, 4.69) is 10.2 Å². The summed E-state index contributed by atoms with van der Waals surface area (Å²) < 4.78 is 10.6. The van der Waals surface area contributed by atoms with Gasteiger partial charge in [0.2, 0.25) is 0 Å². The summed E-state index contributed by atoms with van der Waals surface area (Å²) in [5, 5.41) is 2.82. The van der Waals surface area contributed by atoms with Crippen LogP contribution in [-0.2, 0) is 4.79 Å². The summed E-state index contributed by atoms with van der Waals surface area (Å²) in [5.41, 5.74) is 6.29. The molecule has 1 heterocycles. The number of methoxy groups -OCH3 is 1. The molecule has 0 aliphatic carbocycles. The van der Waals surface area contributed by atoms with Crippen molar-refractivity contribution in [2.24, 2.45) is 5.73 Å². The summed E-state index contributed by atoms with van der Waals surface area (Å²) in [6, 6.07) is 11.5. The summed E-state index contributed by atoms with van der Waals surface area (Å²) in [6.45, 7) is 2.77. The Labute approximate surface area is 187 Å². The molecule has 1 aliphatic rings. The highest BCUT2D eigenvalue weighted by molar-refractivity contribution is 6.09. The standard InChI is InChI=1S/C23H28N4O5/c1-26-10-5-11-27(13-12-26)23(30)17-6-3-4-7-18(17)25-22(29)16-8-9-19(20(14-16)31-2)32-15-21(24)28/h3-4,6-9,14H,5,10-13,15H2,1-2H3,(H2,24,28)(H,25,29). The molecule has 2 aromatic carbocycles. The van der Waals surface area contributed by atoms with E-state index in [1.54, 1.807) is 30.3 Å². The number of benzene rings is 2. The van der Waals surface area contributed by atoms with Crippen LogP contribution in [0.25, 0.3) is 0 Å². The van der Waals surface area contributed by atoms with Crippen LogP contribution in [0.5, 0.6) is 11.5 Å². The van der Waals surface area contributed by atoms with Crippen LogP contribution in [0.15, 0.2) is 42.5 Å². The maximum atomic E-state index is 13.2. The minimum atomic E-state index is -0.619. The first-order chi connectivity index (χ1) is 15.4. The van der Waals surface area contributed by atoms with Crippen LogP contribution < -0.4 is 20.5 Å². The van der Waals surface area contributed by atoms with Gasteiger partial charge in [-0.3, -0.25) is 14.4 Å². The van der Waals surface area contributed by atoms with Gasteiger partial charge >= 0.3 is 0 Å². The van der Waals surface area contributed by atoms with E-state index in [0.29, 0.717) is 35.7 Å². The number of nitrogens with two attached hydrogens (primary N) is 1. The Balaban J connectivity index is 1.77. The average Bonchev–Trinajstić information content (AvgIpc) is 3.01. The molecule has 1 fully saturated rings.